The highest BCUT2D eigenvalue weighted by Gasteiger charge is 2.37. The summed E-state index contributed by atoms with van der Waals surface area (Å²) in [4.78, 5) is 0. The van der Waals surface area contributed by atoms with Crippen molar-refractivity contribution in [2.24, 2.45) is 0 Å². The second-order valence-corrected chi connectivity index (χ2v) is 4.02. The van der Waals surface area contributed by atoms with E-state index in [2.05, 4.69) is 5.32 Å². The van der Waals surface area contributed by atoms with Crippen LogP contribution in [0.2, 0.25) is 5.02 Å². The van der Waals surface area contributed by atoms with E-state index in [4.69, 9.17) is 11.6 Å². The lowest BCUT2D eigenvalue weighted by Crippen LogP contribution is -2.57. The van der Waals surface area contributed by atoms with Crippen molar-refractivity contribution in [3.05, 3.63) is 34.6 Å². The lowest BCUT2D eigenvalue weighted by molar-refractivity contribution is 0.0911. The van der Waals surface area contributed by atoms with Crippen LogP contribution >= 0.6 is 11.6 Å². The maximum absolute atomic E-state index is 13.7. The number of rotatable bonds is 2. The van der Waals surface area contributed by atoms with E-state index in [1.54, 1.807) is 12.1 Å². The van der Waals surface area contributed by atoms with Crippen molar-refractivity contribution >= 4 is 11.6 Å². The van der Waals surface area contributed by atoms with E-state index >= 15 is 0 Å². The number of benzene rings is 1. The number of halogens is 3. The van der Waals surface area contributed by atoms with E-state index in [0.717, 1.165) is 0 Å². The molecule has 0 spiro atoms. The molecule has 0 unspecified atom stereocenters. The van der Waals surface area contributed by atoms with Gasteiger partial charge in [0.1, 0.15) is 11.5 Å². The first-order chi connectivity index (χ1) is 6.61. The zero-order chi connectivity index (χ0) is 10.2. The van der Waals surface area contributed by atoms with Gasteiger partial charge in [0, 0.05) is 19.5 Å². The van der Waals surface area contributed by atoms with Crippen molar-refractivity contribution in [1.29, 1.82) is 0 Å². The summed E-state index contributed by atoms with van der Waals surface area (Å²) in [7, 11) is 0. The fourth-order valence-electron chi connectivity index (χ4n) is 1.55. The Balaban J connectivity index is 2.20. The lowest BCUT2D eigenvalue weighted by atomic mass is 9.91. The highest BCUT2D eigenvalue weighted by molar-refractivity contribution is 6.31. The van der Waals surface area contributed by atoms with E-state index in [1.165, 1.54) is 6.07 Å². The Hall–Kier alpha value is -0.670. The van der Waals surface area contributed by atoms with Crippen LogP contribution in [0, 0.1) is 5.82 Å². The van der Waals surface area contributed by atoms with E-state index in [9.17, 15) is 8.78 Å². The van der Waals surface area contributed by atoms with Crippen molar-refractivity contribution in [2.75, 3.05) is 13.1 Å². The van der Waals surface area contributed by atoms with E-state index in [0.29, 0.717) is 18.7 Å². The van der Waals surface area contributed by atoms with Crippen molar-refractivity contribution in [3.8, 4) is 0 Å². The van der Waals surface area contributed by atoms with Gasteiger partial charge in [-0.15, -0.1) is 0 Å². The van der Waals surface area contributed by atoms with Crippen molar-refractivity contribution in [1.82, 2.24) is 5.32 Å². The summed E-state index contributed by atoms with van der Waals surface area (Å²) in [5.41, 5.74) is -0.715. The van der Waals surface area contributed by atoms with Crippen LogP contribution < -0.4 is 5.32 Å². The first kappa shape index (κ1) is 9.87. The monoisotopic (exact) mass is 217 g/mol. The van der Waals surface area contributed by atoms with Gasteiger partial charge in [0.2, 0.25) is 0 Å². The summed E-state index contributed by atoms with van der Waals surface area (Å²) in [6.45, 7) is 0.639. The topological polar surface area (TPSA) is 12.0 Å². The van der Waals surface area contributed by atoms with Crippen LogP contribution in [0.3, 0.4) is 0 Å². The van der Waals surface area contributed by atoms with Crippen LogP contribution in [0.4, 0.5) is 8.78 Å². The molecule has 14 heavy (non-hydrogen) atoms. The molecule has 0 aromatic heterocycles. The predicted molar refractivity (Wildman–Crippen MR) is 51.8 cm³/mol. The van der Waals surface area contributed by atoms with Crippen molar-refractivity contribution in [3.63, 3.8) is 0 Å². The maximum Gasteiger partial charge on any atom is 0.142 e. The van der Waals surface area contributed by atoms with Gasteiger partial charge in [-0.25, -0.2) is 8.78 Å². The number of hydrogen-bond donors (Lipinski definition) is 1. The van der Waals surface area contributed by atoms with Gasteiger partial charge in [-0.2, -0.15) is 0 Å². The summed E-state index contributed by atoms with van der Waals surface area (Å²) in [6, 6.07) is 4.48. The summed E-state index contributed by atoms with van der Waals surface area (Å²) in [5.74, 6) is -0.486. The van der Waals surface area contributed by atoms with Gasteiger partial charge >= 0.3 is 0 Å². The van der Waals surface area contributed by atoms with Crippen LogP contribution in [0.5, 0.6) is 0 Å². The minimum absolute atomic E-state index is 0.0384. The largest absolute Gasteiger partial charge is 0.310 e. The van der Waals surface area contributed by atoms with Gasteiger partial charge in [-0.05, 0) is 11.6 Å². The highest BCUT2D eigenvalue weighted by Crippen LogP contribution is 2.27. The van der Waals surface area contributed by atoms with Gasteiger partial charge in [0.05, 0.1) is 5.02 Å². The quantitative estimate of drug-likeness (QED) is 0.802. The highest BCUT2D eigenvalue weighted by atomic mass is 35.5. The molecule has 1 aromatic rings. The van der Waals surface area contributed by atoms with Gasteiger partial charge in [0.15, 0.2) is 0 Å². The van der Waals surface area contributed by atoms with Gasteiger partial charge in [-0.3, -0.25) is 0 Å². The molecule has 2 rings (SSSR count). The molecule has 0 bridgehead atoms. The molecular formula is C10H10ClF2N. The molecule has 1 N–H and O–H groups in total. The average molecular weight is 218 g/mol. The van der Waals surface area contributed by atoms with E-state index < -0.39 is 11.5 Å². The second-order valence-electron chi connectivity index (χ2n) is 3.64. The van der Waals surface area contributed by atoms with E-state index in [1.807, 2.05) is 0 Å². The minimum Gasteiger partial charge on any atom is -0.310 e. The standard InChI is InChI=1S/C10H10ClF2N/c11-9-7(2-1-3-8(9)12)4-10(13)5-14-6-10/h1-3,14H,4-6H2. The molecular weight excluding hydrogens is 208 g/mol. The molecule has 1 saturated heterocycles. The molecule has 0 aliphatic carbocycles. The molecule has 1 aliphatic heterocycles. The second kappa shape index (κ2) is 3.48. The zero-order valence-corrected chi connectivity index (χ0v) is 8.24. The Morgan fingerprint density at radius 2 is 2.14 bits per heavy atom. The SMILES string of the molecule is Fc1cccc(CC2(F)CNC2)c1Cl. The number of hydrogen-bond acceptors (Lipinski definition) is 1. The third-order valence-electron chi connectivity index (χ3n) is 2.42. The number of alkyl halides is 1. The normalized spacial score (nSPS) is 19.1. The summed E-state index contributed by atoms with van der Waals surface area (Å²) in [6.07, 6.45) is 0.177. The Labute approximate surface area is 86.1 Å². The Morgan fingerprint density at radius 3 is 2.71 bits per heavy atom. The van der Waals surface area contributed by atoms with E-state index in [-0.39, 0.29) is 11.4 Å². The van der Waals surface area contributed by atoms with Gasteiger partial charge in [0.25, 0.3) is 0 Å². The zero-order valence-electron chi connectivity index (χ0n) is 7.49. The molecule has 0 radical (unpaired) electrons. The molecule has 0 atom stereocenters. The Bertz CT molecular complexity index is 350. The molecule has 1 aliphatic rings. The fourth-order valence-corrected chi connectivity index (χ4v) is 1.74. The molecule has 76 valence electrons. The van der Waals surface area contributed by atoms with Crippen molar-refractivity contribution in [2.45, 2.75) is 12.1 Å². The molecule has 1 aromatic carbocycles. The minimum atomic E-state index is -1.25. The first-order valence-corrected chi connectivity index (χ1v) is 4.81. The van der Waals surface area contributed by atoms with Crippen LogP contribution in [0.15, 0.2) is 18.2 Å². The Kier molecular flexibility index (Phi) is 2.45. The van der Waals surface area contributed by atoms with Gasteiger partial charge in [-0.1, -0.05) is 23.7 Å². The first-order valence-electron chi connectivity index (χ1n) is 4.43. The van der Waals surface area contributed by atoms with Crippen molar-refractivity contribution < 1.29 is 8.78 Å². The fraction of sp³-hybridized carbons (Fsp3) is 0.400. The Morgan fingerprint density at radius 1 is 1.43 bits per heavy atom. The predicted octanol–water partition coefficient (Wildman–Crippen LogP) is 2.33. The van der Waals surface area contributed by atoms with Gasteiger partial charge < -0.3 is 5.32 Å². The average Bonchev–Trinajstić information content (AvgIpc) is 2.10. The summed E-state index contributed by atoms with van der Waals surface area (Å²) < 4.78 is 26.7. The molecule has 0 amide bonds. The molecule has 4 heteroatoms. The molecule has 1 nitrogen and oxygen atoms in total. The third kappa shape index (κ3) is 1.74. The number of nitrogens with one attached hydrogen (secondary N) is 1. The third-order valence-corrected chi connectivity index (χ3v) is 2.85. The smallest absolute Gasteiger partial charge is 0.142 e. The molecule has 1 heterocycles. The summed E-state index contributed by atoms with van der Waals surface area (Å²) >= 11 is 5.72. The van der Waals surface area contributed by atoms with Crippen LogP contribution in [-0.2, 0) is 6.42 Å². The van der Waals surface area contributed by atoms with Crippen LogP contribution in [0.25, 0.3) is 0 Å². The molecule has 0 saturated carbocycles. The maximum atomic E-state index is 13.7. The lowest BCUT2D eigenvalue weighted by Gasteiger charge is -2.35. The summed E-state index contributed by atoms with van der Waals surface area (Å²) in [5, 5.41) is 2.88. The van der Waals surface area contributed by atoms with Crippen LogP contribution in [0.1, 0.15) is 5.56 Å². The van der Waals surface area contributed by atoms with Crippen LogP contribution in [-0.4, -0.2) is 18.8 Å². The molecule has 1 fully saturated rings.